The average Bonchev–Trinajstić information content (AvgIpc) is 2.47. The number of terminal acetylenes is 1. The van der Waals surface area contributed by atoms with Crippen molar-refractivity contribution < 1.29 is 4.74 Å². The van der Waals surface area contributed by atoms with Gasteiger partial charge in [-0.05, 0) is 32.7 Å². The molecule has 3 nitrogen and oxygen atoms in total. The topological polar surface area (TPSA) is 24.5 Å². The molecule has 1 N–H and O–H groups in total. The van der Waals surface area contributed by atoms with Crippen LogP contribution >= 0.6 is 0 Å². The van der Waals surface area contributed by atoms with E-state index in [1.807, 2.05) is 0 Å². The molecule has 1 aliphatic rings. The van der Waals surface area contributed by atoms with Gasteiger partial charge in [-0.2, -0.15) is 0 Å². The lowest BCUT2D eigenvalue weighted by atomic mass is 9.84. The molecule has 19 heavy (non-hydrogen) atoms. The first-order chi connectivity index (χ1) is 9.19. The van der Waals surface area contributed by atoms with Crippen LogP contribution in [0, 0.1) is 12.3 Å². The first kappa shape index (κ1) is 16.5. The van der Waals surface area contributed by atoms with Crippen molar-refractivity contribution in [2.75, 3.05) is 32.8 Å². The summed E-state index contributed by atoms with van der Waals surface area (Å²) >= 11 is 0. The lowest BCUT2D eigenvalue weighted by molar-refractivity contribution is -0.0331. The molecule has 2 unspecified atom stereocenters. The highest BCUT2D eigenvalue weighted by atomic mass is 16.5. The molecule has 0 amide bonds. The van der Waals surface area contributed by atoms with Gasteiger partial charge in [-0.25, -0.2) is 0 Å². The summed E-state index contributed by atoms with van der Waals surface area (Å²) in [6, 6.07) is 0.464. The van der Waals surface area contributed by atoms with E-state index in [0.717, 1.165) is 58.5 Å². The third-order valence-corrected chi connectivity index (χ3v) is 4.42. The normalized spacial score (nSPS) is 21.6. The van der Waals surface area contributed by atoms with Crippen LogP contribution in [-0.2, 0) is 4.74 Å². The maximum absolute atomic E-state index is 5.49. The minimum Gasteiger partial charge on any atom is -0.379 e. The minimum absolute atomic E-state index is 0.176. The van der Waals surface area contributed by atoms with Crippen molar-refractivity contribution in [2.24, 2.45) is 0 Å². The second kappa shape index (κ2) is 8.58. The molecule has 0 aromatic heterocycles. The van der Waals surface area contributed by atoms with Crippen molar-refractivity contribution in [3.8, 4) is 12.3 Å². The molecule has 1 aliphatic heterocycles. The highest BCUT2D eigenvalue weighted by Gasteiger charge is 2.38. The van der Waals surface area contributed by atoms with E-state index >= 15 is 0 Å². The van der Waals surface area contributed by atoms with Crippen molar-refractivity contribution in [1.82, 2.24) is 10.2 Å². The maximum Gasteiger partial charge on any atom is 0.0594 e. The zero-order valence-electron chi connectivity index (χ0n) is 12.9. The van der Waals surface area contributed by atoms with Crippen LogP contribution in [0.1, 0.15) is 46.5 Å². The van der Waals surface area contributed by atoms with Crippen molar-refractivity contribution >= 4 is 0 Å². The summed E-state index contributed by atoms with van der Waals surface area (Å²) in [5, 5.41) is 3.72. The third kappa shape index (κ3) is 4.49. The smallest absolute Gasteiger partial charge is 0.0594 e. The summed E-state index contributed by atoms with van der Waals surface area (Å²) in [4.78, 5) is 2.58. The molecule has 0 spiro atoms. The Morgan fingerprint density at radius 2 is 2.05 bits per heavy atom. The predicted octanol–water partition coefficient (Wildman–Crippen LogP) is 2.27. The number of hydrogen-bond donors (Lipinski definition) is 1. The monoisotopic (exact) mass is 266 g/mol. The summed E-state index contributed by atoms with van der Waals surface area (Å²) in [6.45, 7) is 11.7. The SMILES string of the molecule is C#CCCC(NCCC)C(C)(CC)N1CCOCC1. The van der Waals surface area contributed by atoms with Crippen LogP contribution in [0.4, 0.5) is 0 Å². The van der Waals surface area contributed by atoms with Gasteiger partial charge in [-0.1, -0.05) is 13.8 Å². The summed E-state index contributed by atoms with van der Waals surface area (Å²) < 4.78 is 5.49. The van der Waals surface area contributed by atoms with Crippen LogP contribution in [0.25, 0.3) is 0 Å². The van der Waals surface area contributed by atoms with Gasteiger partial charge in [0.15, 0.2) is 0 Å². The standard InChI is InChI=1S/C16H30N2O/c1-5-8-9-15(17-10-6-2)16(4,7-3)18-11-13-19-14-12-18/h1,15,17H,6-14H2,2-4H3. The molecule has 1 rings (SSSR count). The Labute approximate surface area is 119 Å². The molecule has 2 atom stereocenters. The maximum atomic E-state index is 5.49. The van der Waals surface area contributed by atoms with Crippen molar-refractivity contribution in [2.45, 2.75) is 58.0 Å². The van der Waals surface area contributed by atoms with E-state index in [1.54, 1.807) is 0 Å². The Kier molecular flexibility index (Phi) is 7.45. The molecular formula is C16H30N2O. The number of ether oxygens (including phenoxy) is 1. The highest BCUT2D eigenvalue weighted by molar-refractivity contribution is 4.99. The van der Waals surface area contributed by atoms with E-state index in [-0.39, 0.29) is 5.54 Å². The van der Waals surface area contributed by atoms with Crippen LogP contribution in [0.3, 0.4) is 0 Å². The fourth-order valence-electron chi connectivity index (χ4n) is 2.94. The van der Waals surface area contributed by atoms with Gasteiger partial charge in [-0.3, -0.25) is 4.90 Å². The second-order valence-corrected chi connectivity index (χ2v) is 5.56. The van der Waals surface area contributed by atoms with Gasteiger partial charge >= 0.3 is 0 Å². The second-order valence-electron chi connectivity index (χ2n) is 5.56. The quantitative estimate of drug-likeness (QED) is 0.682. The summed E-state index contributed by atoms with van der Waals surface area (Å²) in [5.41, 5.74) is 0.176. The molecule has 0 saturated carbocycles. The van der Waals surface area contributed by atoms with Crippen LogP contribution in [0.5, 0.6) is 0 Å². The molecule has 0 aliphatic carbocycles. The molecule has 110 valence electrons. The molecule has 1 fully saturated rings. The van der Waals surface area contributed by atoms with Crippen LogP contribution in [-0.4, -0.2) is 49.3 Å². The first-order valence-corrected chi connectivity index (χ1v) is 7.68. The Morgan fingerprint density at radius 3 is 2.58 bits per heavy atom. The molecule has 0 radical (unpaired) electrons. The molecule has 1 heterocycles. The molecule has 0 aromatic carbocycles. The van der Waals surface area contributed by atoms with Crippen LogP contribution in [0.15, 0.2) is 0 Å². The number of hydrogen-bond acceptors (Lipinski definition) is 3. The van der Waals surface area contributed by atoms with Gasteiger partial charge in [0.25, 0.3) is 0 Å². The molecule has 3 heteroatoms. The first-order valence-electron chi connectivity index (χ1n) is 7.68. The third-order valence-electron chi connectivity index (χ3n) is 4.42. The number of nitrogens with one attached hydrogen (secondary N) is 1. The van der Waals surface area contributed by atoms with Gasteiger partial charge in [0.2, 0.25) is 0 Å². The average molecular weight is 266 g/mol. The Bertz CT molecular complexity index is 281. The van der Waals surface area contributed by atoms with Gasteiger partial charge in [0.1, 0.15) is 0 Å². The fraction of sp³-hybridized carbons (Fsp3) is 0.875. The largest absolute Gasteiger partial charge is 0.379 e. The minimum atomic E-state index is 0.176. The number of morpholine rings is 1. The number of nitrogens with zero attached hydrogens (tertiary/aromatic N) is 1. The molecule has 1 saturated heterocycles. The van der Waals surface area contributed by atoms with E-state index < -0.39 is 0 Å². The van der Waals surface area contributed by atoms with Gasteiger partial charge in [-0.15, -0.1) is 12.3 Å². The van der Waals surface area contributed by atoms with Crippen LogP contribution < -0.4 is 5.32 Å². The zero-order valence-corrected chi connectivity index (χ0v) is 12.9. The van der Waals surface area contributed by atoms with Crippen LogP contribution in [0.2, 0.25) is 0 Å². The molecule has 0 bridgehead atoms. The Morgan fingerprint density at radius 1 is 1.37 bits per heavy atom. The molecular weight excluding hydrogens is 236 g/mol. The Hall–Kier alpha value is -0.560. The van der Waals surface area contributed by atoms with Gasteiger partial charge < -0.3 is 10.1 Å². The van der Waals surface area contributed by atoms with Crippen molar-refractivity contribution in [3.05, 3.63) is 0 Å². The van der Waals surface area contributed by atoms with E-state index in [0.29, 0.717) is 6.04 Å². The van der Waals surface area contributed by atoms with E-state index in [4.69, 9.17) is 11.2 Å². The van der Waals surface area contributed by atoms with Crippen molar-refractivity contribution in [1.29, 1.82) is 0 Å². The molecule has 0 aromatic rings. The Balaban J connectivity index is 2.75. The zero-order chi connectivity index (χ0) is 14.1. The summed E-state index contributed by atoms with van der Waals surface area (Å²) in [5.74, 6) is 2.79. The highest BCUT2D eigenvalue weighted by Crippen LogP contribution is 2.27. The fourth-order valence-corrected chi connectivity index (χ4v) is 2.94. The van der Waals surface area contributed by atoms with Crippen molar-refractivity contribution in [3.63, 3.8) is 0 Å². The summed E-state index contributed by atoms with van der Waals surface area (Å²) in [6.07, 6.45) is 9.66. The van der Waals surface area contributed by atoms with E-state index in [9.17, 15) is 0 Å². The van der Waals surface area contributed by atoms with Gasteiger partial charge in [0.05, 0.1) is 13.2 Å². The lowest BCUT2D eigenvalue weighted by Gasteiger charge is -2.48. The van der Waals surface area contributed by atoms with E-state index in [1.165, 1.54) is 0 Å². The van der Waals surface area contributed by atoms with Gasteiger partial charge in [0, 0.05) is 31.1 Å². The summed E-state index contributed by atoms with van der Waals surface area (Å²) in [7, 11) is 0. The predicted molar refractivity (Wildman–Crippen MR) is 81.2 cm³/mol. The van der Waals surface area contributed by atoms with E-state index in [2.05, 4.69) is 36.9 Å². The number of rotatable bonds is 8. The lowest BCUT2D eigenvalue weighted by Crippen LogP contribution is -2.61.